The maximum atomic E-state index is 11.5. The molecule has 102 valence electrons. The number of carbonyl (C=O) groups excluding carboxylic acids is 1. The van der Waals surface area contributed by atoms with Crippen LogP contribution in [0.3, 0.4) is 0 Å². The third-order valence-corrected chi connectivity index (χ3v) is 3.11. The minimum Gasteiger partial charge on any atom is -0.465 e. The molecule has 4 N–H and O–H groups in total. The Kier molecular flexibility index (Phi) is 8.05. The summed E-state index contributed by atoms with van der Waals surface area (Å²) in [5.41, 5.74) is 5.31. The van der Waals surface area contributed by atoms with Crippen molar-refractivity contribution in [1.82, 2.24) is 9.44 Å². The van der Waals surface area contributed by atoms with Crippen molar-refractivity contribution in [1.29, 1.82) is 0 Å². The number of hydrogen-bond acceptors (Lipinski definition) is 5. The van der Waals surface area contributed by atoms with Gasteiger partial charge in [0.15, 0.2) is 0 Å². The van der Waals surface area contributed by atoms with Crippen LogP contribution < -0.4 is 15.2 Å². The zero-order chi connectivity index (χ0) is 13.3. The molecule has 0 aliphatic heterocycles. The number of nitrogens with two attached hydrogens (primary N) is 1. The Bertz CT molecular complexity index is 318. The van der Waals surface area contributed by atoms with E-state index in [0.717, 1.165) is 12.8 Å². The lowest BCUT2D eigenvalue weighted by Crippen LogP contribution is -2.50. The summed E-state index contributed by atoms with van der Waals surface area (Å²) in [5.74, 6) is -0.670. The third kappa shape index (κ3) is 7.27. The van der Waals surface area contributed by atoms with Crippen LogP contribution in [0.25, 0.3) is 0 Å². The number of hydrogen-bond donors (Lipinski definition) is 3. The molecule has 0 rings (SSSR count). The van der Waals surface area contributed by atoms with Crippen LogP contribution in [0.4, 0.5) is 0 Å². The van der Waals surface area contributed by atoms with Gasteiger partial charge in [0.05, 0.1) is 6.61 Å². The Balaban J connectivity index is 4.30. The van der Waals surface area contributed by atoms with Crippen LogP contribution in [0.15, 0.2) is 0 Å². The predicted octanol–water partition coefficient (Wildman–Crippen LogP) is -0.899. The van der Waals surface area contributed by atoms with Crippen molar-refractivity contribution in [3.8, 4) is 0 Å². The molecule has 0 heterocycles. The van der Waals surface area contributed by atoms with Gasteiger partial charge in [0.1, 0.15) is 6.04 Å². The number of unbranched alkanes of at least 4 members (excludes halogenated alkanes) is 1. The molecule has 0 fully saturated rings. The Labute approximate surface area is 102 Å². The molecule has 0 aromatic heterocycles. The summed E-state index contributed by atoms with van der Waals surface area (Å²) in [5, 5.41) is 0. The first-order valence-corrected chi connectivity index (χ1v) is 7.08. The highest BCUT2D eigenvalue weighted by Gasteiger charge is 2.23. The topological polar surface area (TPSA) is 111 Å². The van der Waals surface area contributed by atoms with E-state index >= 15 is 0 Å². The number of esters is 1. The lowest BCUT2D eigenvalue weighted by atomic mass is 10.3. The molecule has 0 radical (unpaired) electrons. The highest BCUT2D eigenvalue weighted by atomic mass is 32.2. The lowest BCUT2D eigenvalue weighted by molar-refractivity contribution is -0.144. The molecule has 0 aromatic rings. The van der Waals surface area contributed by atoms with Gasteiger partial charge in [-0.1, -0.05) is 13.3 Å². The summed E-state index contributed by atoms with van der Waals surface area (Å²) in [6, 6.07) is -1.05. The first-order chi connectivity index (χ1) is 7.96. The Hall–Kier alpha value is -0.700. The average molecular weight is 267 g/mol. The van der Waals surface area contributed by atoms with Gasteiger partial charge in [-0.2, -0.15) is 13.1 Å². The van der Waals surface area contributed by atoms with E-state index in [1.54, 1.807) is 6.92 Å². The first-order valence-electron chi connectivity index (χ1n) is 5.60. The SMILES string of the molecule is CCCCNS(=O)(=O)NC(CN)C(=O)OCC. The van der Waals surface area contributed by atoms with Crippen molar-refractivity contribution < 1.29 is 17.9 Å². The van der Waals surface area contributed by atoms with Gasteiger partial charge in [-0.15, -0.1) is 0 Å². The molecule has 0 aromatic carbocycles. The van der Waals surface area contributed by atoms with Crippen molar-refractivity contribution in [2.24, 2.45) is 5.73 Å². The van der Waals surface area contributed by atoms with Crippen LogP contribution in [0.2, 0.25) is 0 Å². The Morgan fingerprint density at radius 3 is 2.53 bits per heavy atom. The van der Waals surface area contributed by atoms with E-state index in [1.165, 1.54) is 0 Å². The summed E-state index contributed by atoms with van der Waals surface area (Å²) in [7, 11) is -3.71. The minimum absolute atomic E-state index is 0.145. The van der Waals surface area contributed by atoms with Gasteiger partial charge in [0, 0.05) is 13.1 Å². The van der Waals surface area contributed by atoms with Crippen molar-refractivity contribution in [2.45, 2.75) is 32.7 Å². The van der Waals surface area contributed by atoms with Crippen LogP contribution in [0.1, 0.15) is 26.7 Å². The molecule has 17 heavy (non-hydrogen) atoms. The van der Waals surface area contributed by atoms with Crippen LogP contribution in [-0.4, -0.2) is 40.1 Å². The van der Waals surface area contributed by atoms with Crippen LogP contribution in [0, 0.1) is 0 Å². The third-order valence-electron chi connectivity index (χ3n) is 1.93. The molecule has 0 aliphatic rings. The Morgan fingerprint density at radius 1 is 1.41 bits per heavy atom. The van der Waals surface area contributed by atoms with Crippen molar-refractivity contribution in [3.63, 3.8) is 0 Å². The fourth-order valence-electron chi connectivity index (χ4n) is 1.05. The second-order valence-corrected chi connectivity index (χ2v) is 4.94. The molecule has 0 bridgehead atoms. The summed E-state index contributed by atoms with van der Waals surface area (Å²) in [6.07, 6.45) is 1.61. The van der Waals surface area contributed by atoms with E-state index in [0.29, 0.717) is 6.54 Å². The molecule has 8 heteroatoms. The van der Waals surface area contributed by atoms with E-state index in [1.807, 2.05) is 6.92 Å². The van der Waals surface area contributed by atoms with Crippen LogP contribution >= 0.6 is 0 Å². The standard InChI is InChI=1S/C9H21N3O4S/c1-3-5-6-11-17(14,15)12-8(7-10)9(13)16-4-2/h8,11-12H,3-7,10H2,1-2H3. The van der Waals surface area contributed by atoms with Gasteiger partial charge in [-0.25, -0.2) is 4.72 Å². The highest BCUT2D eigenvalue weighted by Crippen LogP contribution is 1.91. The molecule has 0 saturated heterocycles. The van der Waals surface area contributed by atoms with Crippen molar-refractivity contribution in [2.75, 3.05) is 19.7 Å². The highest BCUT2D eigenvalue weighted by molar-refractivity contribution is 7.87. The van der Waals surface area contributed by atoms with Gasteiger partial charge in [0.2, 0.25) is 0 Å². The Morgan fingerprint density at radius 2 is 2.06 bits per heavy atom. The first kappa shape index (κ1) is 16.3. The second-order valence-electron chi connectivity index (χ2n) is 3.41. The predicted molar refractivity (Wildman–Crippen MR) is 64.4 cm³/mol. The molecular weight excluding hydrogens is 246 g/mol. The van der Waals surface area contributed by atoms with E-state index in [-0.39, 0.29) is 13.2 Å². The fraction of sp³-hybridized carbons (Fsp3) is 0.889. The minimum atomic E-state index is -3.71. The van der Waals surface area contributed by atoms with E-state index in [4.69, 9.17) is 10.5 Å². The van der Waals surface area contributed by atoms with E-state index in [9.17, 15) is 13.2 Å². The van der Waals surface area contributed by atoms with E-state index < -0.39 is 22.2 Å². The molecular formula is C9H21N3O4S. The molecule has 0 spiro atoms. The number of ether oxygens (including phenoxy) is 1. The monoisotopic (exact) mass is 267 g/mol. The zero-order valence-corrected chi connectivity index (χ0v) is 11.0. The zero-order valence-electron chi connectivity index (χ0n) is 10.2. The average Bonchev–Trinajstić information content (AvgIpc) is 2.26. The fourth-order valence-corrected chi connectivity index (χ4v) is 2.11. The number of carbonyl (C=O) groups is 1. The quantitative estimate of drug-likeness (QED) is 0.370. The van der Waals surface area contributed by atoms with Gasteiger partial charge >= 0.3 is 5.97 Å². The van der Waals surface area contributed by atoms with Gasteiger partial charge < -0.3 is 10.5 Å². The largest absolute Gasteiger partial charge is 0.465 e. The molecule has 0 aliphatic carbocycles. The summed E-state index contributed by atoms with van der Waals surface area (Å²) >= 11 is 0. The van der Waals surface area contributed by atoms with Crippen molar-refractivity contribution in [3.05, 3.63) is 0 Å². The van der Waals surface area contributed by atoms with E-state index in [2.05, 4.69) is 9.44 Å². The van der Waals surface area contributed by atoms with Crippen molar-refractivity contribution >= 4 is 16.2 Å². The maximum absolute atomic E-state index is 11.5. The molecule has 0 saturated carbocycles. The van der Waals surface area contributed by atoms with Crippen LogP contribution in [0.5, 0.6) is 0 Å². The molecule has 1 unspecified atom stereocenters. The molecule has 1 atom stereocenters. The molecule has 7 nitrogen and oxygen atoms in total. The normalized spacial score (nSPS) is 13.4. The summed E-state index contributed by atoms with van der Waals surface area (Å²) in [6.45, 7) is 3.95. The molecule has 0 amide bonds. The van der Waals surface area contributed by atoms with Gasteiger partial charge in [0.25, 0.3) is 10.2 Å². The number of nitrogens with one attached hydrogen (secondary N) is 2. The smallest absolute Gasteiger partial charge is 0.325 e. The summed E-state index contributed by atoms with van der Waals surface area (Å²) in [4.78, 5) is 11.3. The second kappa shape index (κ2) is 8.40. The van der Waals surface area contributed by atoms with Gasteiger partial charge in [-0.3, -0.25) is 4.79 Å². The van der Waals surface area contributed by atoms with Crippen LogP contribution in [-0.2, 0) is 19.7 Å². The van der Waals surface area contributed by atoms with Gasteiger partial charge in [-0.05, 0) is 13.3 Å². The summed E-state index contributed by atoms with van der Waals surface area (Å²) < 4.78 is 32.2. The lowest BCUT2D eigenvalue weighted by Gasteiger charge is -2.15. The maximum Gasteiger partial charge on any atom is 0.325 e. The number of rotatable bonds is 9.